The average molecular weight is 636 g/mol. The number of piperidine rings is 1. The number of ether oxygens (including phenoxy) is 1. The molecule has 0 spiro atoms. The van der Waals surface area contributed by atoms with Gasteiger partial charge in [-0.15, -0.1) is 0 Å². The Morgan fingerprint density at radius 2 is 1.89 bits per heavy atom. The molecule has 2 N–H and O–H groups in total. The monoisotopic (exact) mass is 636 g/mol. The zero-order valence-corrected chi connectivity index (χ0v) is 23.6. The Kier molecular flexibility index (Phi) is 8.41. The topological polar surface area (TPSA) is 109 Å². The van der Waals surface area contributed by atoms with Crippen LogP contribution in [0.25, 0.3) is 10.9 Å². The Bertz CT molecular complexity index is 1470. The molecule has 8 nitrogen and oxygen atoms in total. The summed E-state index contributed by atoms with van der Waals surface area (Å²) in [4.78, 5) is 39.3. The van der Waals surface area contributed by atoms with Gasteiger partial charge >= 0.3 is 5.97 Å². The van der Waals surface area contributed by atoms with Gasteiger partial charge in [0, 0.05) is 42.7 Å². The molecule has 0 bridgehead atoms. The molecule has 1 aliphatic heterocycles. The van der Waals surface area contributed by atoms with Crippen LogP contribution in [0, 0.1) is 15.3 Å². The molecule has 38 heavy (non-hydrogen) atoms. The Morgan fingerprint density at radius 3 is 2.50 bits per heavy atom. The first kappa shape index (κ1) is 28.0. The lowest BCUT2D eigenvalue weighted by Crippen LogP contribution is -2.35. The van der Waals surface area contributed by atoms with Crippen LogP contribution < -0.4 is 15.1 Å². The van der Waals surface area contributed by atoms with Crippen LogP contribution in [0.5, 0.6) is 5.75 Å². The number of aliphatic hydroxyl groups excluding tert-OH is 1. The molecule has 1 atom stereocenters. The number of carbonyl (C=O) groups excluding carboxylic acids is 1. The molecule has 0 unspecified atom stereocenters. The van der Waals surface area contributed by atoms with E-state index in [9.17, 15) is 24.6 Å². The van der Waals surface area contributed by atoms with E-state index >= 15 is 4.39 Å². The van der Waals surface area contributed by atoms with Crippen molar-refractivity contribution in [2.24, 2.45) is 5.92 Å². The van der Waals surface area contributed by atoms with Crippen molar-refractivity contribution < 1.29 is 28.9 Å². The lowest BCUT2D eigenvalue weighted by atomic mass is 9.98. The Hall–Kier alpha value is -2.99. The van der Waals surface area contributed by atoms with Crippen LogP contribution >= 0.6 is 22.6 Å². The van der Waals surface area contributed by atoms with E-state index in [2.05, 4.69) is 0 Å². The van der Waals surface area contributed by atoms with E-state index in [-0.39, 0.29) is 30.2 Å². The van der Waals surface area contributed by atoms with Gasteiger partial charge in [0.05, 0.1) is 28.8 Å². The molecule has 0 saturated carbocycles. The minimum Gasteiger partial charge on any atom is -0.496 e. The van der Waals surface area contributed by atoms with E-state index in [1.54, 1.807) is 33.7 Å². The van der Waals surface area contributed by atoms with Gasteiger partial charge in [-0.25, -0.2) is 9.18 Å². The lowest BCUT2D eigenvalue weighted by molar-refractivity contribution is -0.119. The third-order valence-corrected chi connectivity index (χ3v) is 7.87. The van der Waals surface area contributed by atoms with Crippen LogP contribution in [0.4, 0.5) is 10.1 Å². The summed E-state index contributed by atoms with van der Waals surface area (Å²) in [5, 5.41) is 19.9. The molecule has 4 rings (SSSR count). The number of benzene rings is 2. The predicted molar refractivity (Wildman–Crippen MR) is 151 cm³/mol. The first-order valence-corrected chi connectivity index (χ1v) is 13.5. The Morgan fingerprint density at radius 1 is 1.16 bits per heavy atom. The van der Waals surface area contributed by atoms with Gasteiger partial charge in [0.15, 0.2) is 0 Å². The largest absolute Gasteiger partial charge is 0.496 e. The van der Waals surface area contributed by atoms with Crippen molar-refractivity contribution in [3.63, 3.8) is 0 Å². The summed E-state index contributed by atoms with van der Waals surface area (Å²) in [5.41, 5.74) is 0.764. The van der Waals surface area contributed by atoms with Crippen molar-refractivity contribution in [1.29, 1.82) is 0 Å². The number of pyridine rings is 1. The summed E-state index contributed by atoms with van der Waals surface area (Å²) in [6.45, 7) is 4.09. The number of aromatic carboxylic acids is 1. The molecule has 1 aromatic heterocycles. The molecular weight excluding hydrogens is 606 g/mol. The third kappa shape index (κ3) is 5.28. The zero-order valence-electron chi connectivity index (χ0n) is 21.5. The summed E-state index contributed by atoms with van der Waals surface area (Å²) in [6.07, 6.45) is 3.47. The zero-order chi connectivity index (χ0) is 27.7. The number of carbonyl (C=O) groups is 2. The van der Waals surface area contributed by atoms with Crippen molar-refractivity contribution >= 4 is 51.1 Å². The van der Waals surface area contributed by atoms with Crippen molar-refractivity contribution in [3.05, 3.63) is 66.8 Å². The van der Waals surface area contributed by atoms with Crippen LogP contribution in [-0.4, -0.2) is 46.9 Å². The molecule has 3 aromatic rings. The number of carboxylic acids is 1. The number of fused-ring (bicyclic) bond motifs is 1. The SMILES string of the molecule is COc1cc2c(cc1Cc1cc(N3CCCCC3=O)cc(I)c1F)c(=O)c(C(=O)O)cn2[C@H](CO)C(C)C. The molecule has 10 heteroatoms. The standard InChI is InChI=1S/C28H30FIN2O6/c1-15(2)23(14-33)32-13-20(28(36)37)27(35)19-10-16(24(38-3)12-22(19)32)8-17-9-18(11-21(30)26(17)29)31-7-5-4-6-25(31)34/h9-13,15,23,33H,4-8,14H2,1-3H3,(H,36,37)/t23-/m1/s1. The highest BCUT2D eigenvalue weighted by molar-refractivity contribution is 14.1. The fourth-order valence-corrected chi connectivity index (χ4v) is 5.66. The first-order chi connectivity index (χ1) is 18.1. The number of nitrogens with zero attached hydrogens (tertiary/aromatic N) is 2. The number of halogens is 2. The van der Waals surface area contributed by atoms with Crippen LogP contribution in [0.2, 0.25) is 0 Å². The normalized spacial score (nSPS) is 14.8. The maximum absolute atomic E-state index is 15.3. The van der Waals surface area contributed by atoms with Gasteiger partial charge < -0.3 is 24.4 Å². The van der Waals surface area contributed by atoms with E-state index in [1.807, 2.05) is 36.4 Å². The second-order valence-electron chi connectivity index (χ2n) is 9.84. The number of anilines is 1. The first-order valence-electron chi connectivity index (χ1n) is 12.5. The summed E-state index contributed by atoms with van der Waals surface area (Å²) in [5.74, 6) is -1.48. The maximum Gasteiger partial charge on any atom is 0.341 e. The number of rotatable bonds is 8. The van der Waals surface area contributed by atoms with E-state index in [0.717, 1.165) is 12.8 Å². The Labute approximate surface area is 233 Å². The number of hydrogen-bond donors (Lipinski definition) is 2. The van der Waals surface area contributed by atoms with Crippen LogP contribution in [-0.2, 0) is 11.2 Å². The predicted octanol–water partition coefficient (Wildman–Crippen LogP) is 4.75. The molecule has 1 fully saturated rings. The molecule has 1 amide bonds. The second-order valence-corrected chi connectivity index (χ2v) is 11.0. The van der Waals surface area contributed by atoms with Gasteiger partial charge in [-0.1, -0.05) is 13.8 Å². The molecule has 1 saturated heterocycles. The van der Waals surface area contributed by atoms with Gasteiger partial charge in [0.2, 0.25) is 11.3 Å². The number of amides is 1. The quantitative estimate of drug-likeness (QED) is 0.346. The number of carboxylic acid groups (broad SMARTS) is 1. The highest BCUT2D eigenvalue weighted by Gasteiger charge is 2.25. The summed E-state index contributed by atoms with van der Waals surface area (Å²) in [6, 6.07) is 5.99. The van der Waals surface area contributed by atoms with Crippen molar-refractivity contribution in [1.82, 2.24) is 4.57 Å². The van der Waals surface area contributed by atoms with E-state index in [4.69, 9.17) is 4.74 Å². The fourth-order valence-electron chi connectivity index (χ4n) is 5.00. The lowest BCUT2D eigenvalue weighted by Gasteiger charge is -2.27. The van der Waals surface area contributed by atoms with Crippen molar-refractivity contribution in [3.8, 4) is 5.75 Å². The molecule has 202 valence electrons. The maximum atomic E-state index is 15.3. The smallest absolute Gasteiger partial charge is 0.341 e. The molecule has 2 aromatic carbocycles. The summed E-state index contributed by atoms with van der Waals surface area (Å²) < 4.78 is 22.9. The number of hydrogen-bond acceptors (Lipinski definition) is 5. The number of aliphatic hydroxyl groups is 1. The van der Waals surface area contributed by atoms with Gasteiger partial charge in [-0.2, -0.15) is 0 Å². The molecule has 0 aliphatic carbocycles. The number of aromatic nitrogens is 1. The van der Waals surface area contributed by atoms with Crippen molar-refractivity contribution in [2.75, 3.05) is 25.2 Å². The summed E-state index contributed by atoms with van der Waals surface area (Å²) in [7, 11) is 1.47. The minimum absolute atomic E-state index is 0.00163. The number of methoxy groups -OCH3 is 1. The molecule has 2 heterocycles. The van der Waals surface area contributed by atoms with Gasteiger partial charge in [-0.05, 0) is 70.7 Å². The highest BCUT2D eigenvalue weighted by Crippen LogP contribution is 2.33. The van der Waals surface area contributed by atoms with Gasteiger partial charge in [-0.3, -0.25) is 9.59 Å². The molecular formula is C28H30FIN2O6. The summed E-state index contributed by atoms with van der Waals surface area (Å²) >= 11 is 1.91. The van der Waals surface area contributed by atoms with Gasteiger partial charge in [0.25, 0.3) is 0 Å². The molecule has 0 radical (unpaired) electrons. The van der Waals surface area contributed by atoms with E-state index in [1.165, 1.54) is 13.3 Å². The minimum atomic E-state index is -1.37. The van der Waals surface area contributed by atoms with Crippen LogP contribution in [0.1, 0.15) is 60.6 Å². The van der Waals surface area contributed by atoms with Crippen molar-refractivity contribution in [2.45, 2.75) is 45.6 Å². The van der Waals surface area contributed by atoms with Gasteiger partial charge in [0.1, 0.15) is 17.1 Å². The Balaban J connectivity index is 1.90. The van der Waals surface area contributed by atoms with E-state index in [0.29, 0.717) is 44.6 Å². The van der Waals surface area contributed by atoms with Crippen LogP contribution in [0.3, 0.4) is 0 Å². The average Bonchev–Trinajstić information content (AvgIpc) is 2.88. The highest BCUT2D eigenvalue weighted by atomic mass is 127. The molecule has 1 aliphatic rings. The third-order valence-electron chi connectivity index (χ3n) is 7.08. The van der Waals surface area contributed by atoms with Crippen LogP contribution in [0.15, 0.2) is 35.3 Å². The fraction of sp³-hybridized carbons (Fsp3) is 0.393. The van der Waals surface area contributed by atoms with E-state index < -0.39 is 28.8 Å². The second kappa shape index (κ2) is 11.4.